The fraction of sp³-hybridized carbons (Fsp3) is 1.00. The minimum Gasteiger partial charge on any atom is -0.393 e. The van der Waals surface area contributed by atoms with Crippen LogP contribution in [0.15, 0.2) is 0 Å². The molecule has 2 nitrogen and oxygen atoms in total. The first-order valence-electron chi connectivity index (χ1n) is 4.22. The SMILES string of the molecule is NCCC[C@H]1CCC[C@@H]1O. The average Bonchev–Trinajstić information content (AvgIpc) is 2.31. The normalized spacial score (nSPS) is 33.0. The van der Waals surface area contributed by atoms with Crippen LogP contribution < -0.4 is 5.73 Å². The first-order chi connectivity index (χ1) is 4.84. The quantitative estimate of drug-likeness (QED) is 0.616. The van der Waals surface area contributed by atoms with Crippen molar-refractivity contribution in [1.82, 2.24) is 0 Å². The van der Waals surface area contributed by atoms with Crippen LogP contribution in [-0.4, -0.2) is 17.8 Å². The Morgan fingerprint density at radius 2 is 2.20 bits per heavy atom. The zero-order chi connectivity index (χ0) is 7.40. The molecule has 0 heterocycles. The third-order valence-corrected chi connectivity index (χ3v) is 2.40. The van der Waals surface area contributed by atoms with Crippen molar-refractivity contribution < 1.29 is 5.11 Å². The van der Waals surface area contributed by atoms with Crippen molar-refractivity contribution in [1.29, 1.82) is 0 Å². The highest BCUT2D eigenvalue weighted by molar-refractivity contribution is 4.76. The molecule has 1 aliphatic carbocycles. The molecule has 0 saturated heterocycles. The largest absolute Gasteiger partial charge is 0.393 e. The zero-order valence-electron chi connectivity index (χ0n) is 6.42. The van der Waals surface area contributed by atoms with E-state index in [-0.39, 0.29) is 6.10 Å². The molecule has 10 heavy (non-hydrogen) atoms. The van der Waals surface area contributed by atoms with Crippen LogP contribution in [0.5, 0.6) is 0 Å². The van der Waals surface area contributed by atoms with Crippen molar-refractivity contribution >= 4 is 0 Å². The summed E-state index contributed by atoms with van der Waals surface area (Å²) in [5, 5.41) is 9.37. The molecular weight excluding hydrogens is 126 g/mol. The van der Waals surface area contributed by atoms with Gasteiger partial charge in [-0.25, -0.2) is 0 Å². The summed E-state index contributed by atoms with van der Waals surface area (Å²) in [6.45, 7) is 0.767. The molecular formula is C8H17NO. The van der Waals surface area contributed by atoms with Crippen LogP contribution in [0, 0.1) is 5.92 Å². The van der Waals surface area contributed by atoms with Crippen LogP contribution in [-0.2, 0) is 0 Å². The molecule has 0 bridgehead atoms. The Hall–Kier alpha value is -0.0800. The van der Waals surface area contributed by atoms with Crippen molar-refractivity contribution in [3.63, 3.8) is 0 Å². The van der Waals surface area contributed by atoms with E-state index in [1.807, 2.05) is 0 Å². The predicted molar refractivity (Wildman–Crippen MR) is 41.6 cm³/mol. The Labute approximate surface area is 62.4 Å². The lowest BCUT2D eigenvalue weighted by Gasteiger charge is -2.12. The lowest BCUT2D eigenvalue weighted by molar-refractivity contribution is 0.127. The lowest BCUT2D eigenvalue weighted by atomic mass is 10.00. The van der Waals surface area contributed by atoms with E-state index in [1.165, 1.54) is 12.8 Å². The van der Waals surface area contributed by atoms with Gasteiger partial charge in [0.05, 0.1) is 6.10 Å². The maximum Gasteiger partial charge on any atom is 0.0568 e. The Kier molecular flexibility index (Phi) is 3.16. The van der Waals surface area contributed by atoms with Crippen molar-refractivity contribution in [2.24, 2.45) is 11.7 Å². The predicted octanol–water partition coefficient (Wildman–Crippen LogP) is 0.886. The van der Waals surface area contributed by atoms with Gasteiger partial charge >= 0.3 is 0 Å². The number of hydrogen-bond donors (Lipinski definition) is 2. The van der Waals surface area contributed by atoms with Crippen LogP contribution in [0.2, 0.25) is 0 Å². The molecule has 0 aromatic carbocycles. The minimum absolute atomic E-state index is 0.0217. The molecule has 1 aliphatic rings. The van der Waals surface area contributed by atoms with Gasteiger partial charge in [-0.2, -0.15) is 0 Å². The van der Waals surface area contributed by atoms with Gasteiger partial charge in [-0.1, -0.05) is 6.42 Å². The molecule has 1 fully saturated rings. The van der Waals surface area contributed by atoms with Gasteiger partial charge in [-0.15, -0.1) is 0 Å². The van der Waals surface area contributed by atoms with Crippen molar-refractivity contribution in [3.8, 4) is 0 Å². The number of nitrogens with two attached hydrogens (primary N) is 1. The maximum atomic E-state index is 9.37. The minimum atomic E-state index is -0.0217. The second-order valence-corrected chi connectivity index (χ2v) is 3.19. The molecule has 2 atom stereocenters. The molecule has 3 N–H and O–H groups in total. The van der Waals surface area contributed by atoms with Crippen LogP contribution in [0.3, 0.4) is 0 Å². The second-order valence-electron chi connectivity index (χ2n) is 3.19. The first kappa shape index (κ1) is 8.02. The summed E-state index contributed by atoms with van der Waals surface area (Å²) in [6, 6.07) is 0. The highest BCUT2D eigenvalue weighted by atomic mass is 16.3. The smallest absolute Gasteiger partial charge is 0.0568 e. The number of rotatable bonds is 3. The summed E-state index contributed by atoms with van der Waals surface area (Å²) in [4.78, 5) is 0. The van der Waals surface area contributed by atoms with E-state index in [0.717, 1.165) is 25.8 Å². The maximum absolute atomic E-state index is 9.37. The van der Waals surface area contributed by atoms with Crippen LogP contribution >= 0.6 is 0 Å². The molecule has 0 aliphatic heterocycles. The molecule has 0 radical (unpaired) electrons. The second kappa shape index (κ2) is 3.94. The van der Waals surface area contributed by atoms with Gasteiger partial charge in [-0.05, 0) is 38.1 Å². The van der Waals surface area contributed by atoms with E-state index in [4.69, 9.17) is 5.73 Å². The van der Waals surface area contributed by atoms with Gasteiger partial charge < -0.3 is 10.8 Å². The van der Waals surface area contributed by atoms with Crippen LogP contribution in [0.1, 0.15) is 32.1 Å². The van der Waals surface area contributed by atoms with E-state index in [1.54, 1.807) is 0 Å². The highest BCUT2D eigenvalue weighted by Gasteiger charge is 2.23. The average molecular weight is 143 g/mol. The molecule has 0 aromatic rings. The van der Waals surface area contributed by atoms with E-state index in [9.17, 15) is 5.11 Å². The van der Waals surface area contributed by atoms with E-state index in [2.05, 4.69) is 0 Å². The van der Waals surface area contributed by atoms with Crippen LogP contribution in [0.25, 0.3) is 0 Å². The third-order valence-electron chi connectivity index (χ3n) is 2.40. The van der Waals surface area contributed by atoms with E-state index < -0.39 is 0 Å². The van der Waals surface area contributed by atoms with E-state index in [0.29, 0.717) is 5.92 Å². The van der Waals surface area contributed by atoms with Crippen LogP contribution in [0.4, 0.5) is 0 Å². The fourth-order valence-electron chi connectivity index (χ4n) is 1.73. The summed E-state index contributed by atoms with van der Waals surface area (Å²) in [6.07, 6.45) is 5.60. The molecule has 1 rings (SSSR count). The summed E-state index contributed by atoms with van der Waals surface area (Å²) in [5.74, 6) is 0.559. The topological polar surface area (TPSA) is 46.2 Å². The summed E-state index contributed by atoms with van der Waals surface area (Å²) < 4.78 is 0. The zero-order valence-corrected chi connectivity index (χ0v) is 6.42. The Bertz CT molecular complexity index is 95.3. The van der Waals surface area contributed by atoms with Crippen molar-refractivity contribution in [2.45, 2.75) is 38.2 Å². The van der Waals surface area contributed by atoms with Crippen molar-refractivity contribution in [2.75, 3.05) is 6.54 Å². The third kappa shape index (κ3) is 1.96. The number of aliphatic hydroxyl groups is 1. The number of hydrogen-bond acceptors (Lipinski definition) is 2. The molecule has 2 heteroatoms. The molecule has 0 unspecified atom stereocenters. The highest BCUT2D eigenvalue weighted by Crippen LogP contribution is 2.28. The van der Waals surface area contributed by atoms with Gasteiger partial charge in [0.25, 0.3) is 0 Å². The standard InChI is InChI=1S/C8H17NO/c9-6-2-4-7-3-1-5-8(7)10/h7-8,10H,1-6,9H2/t7-,8+/m1/s1. The molecule has 0 spiro atoms. The van der Waals surface area contributed by atoms with Gasteiger partial charge in [-0.3, -0.25) is 0 Å². The Morgan fingerprint density at radius 1 is 1.40 bits per heavy atom. The summed E-state index contributed by atoms with van der Waals surface area (Å²) in [5.41, 5.74) is 5.37. The molecule has 60 valence electrons. The Balaban J connectivity index is 2.14. The van der Waals surface area contributed by atoms with Gasteiger partial charge in [0, 0.05) is 0 Å². The van der Waals surface area contributed by atoms with Gasteiger partial charge in [0.1, 0.15) is 0 Å². The first-order valence-corrected chi connectivity index (χ1v) is 4.22. The monoisotopic (exact) mass is 143 g/mol. The summed E-state index contributed by atoms with van der Waals surface area (Å²) >= 11 is 0. The molecule has 0 amide bonds. The van der Waals surface area contributed by atoms with E-state index >= 15 is 0 Å². The van der Waals surface area contributed by atoms with Gasteiger partial charge in [0.15, 0.2) is 0 Å². The van der Waals surface area contributed by atoms with Crippen molar-refractivity contribution in [3.05, 3.63) is 0 Å². The van der Waals surface area contributed by atoms with Gasteiger partial charge in [0.2, 0.25) is 0 Å². The summed E-state index contributed by atoms with van der Waals surface area (Å²) in [7, 11) is 0. The molecule has 0 aromatic heterocycles. The fourth-order valence-corrected chi connectivity index (χ4v) is 1.73. The lowest BCUT2D eigenvalue weighted by Crippen LogP contribution is -2.14. The number of aliphatic hydroxyl groups excluding tert-OH is 1. The Morgan fingerprint density at radius 3 is 2.70 bits per heavy atom. The molecule has 1 saturated carbocycles.